The highest BCUT2D eigenvalue weighted by molar-refractivity contribution is 5.72. The van der Waals surface area contributed by atoms with E-state index in [2.05, 4.69) is 58.9 Å². The predicted octanol–water partition coefficient (Wildman–Crippen LogP) is 7.39. The van der Waals surface area contributed by atoms with Crippen LogP contribution in [0.5, 0.6) is 0 Å². The summed E-state index contributed by atoms with van der Waals surface area (Å²) in [5.41, 5.74) is 2.68. The highest BCUT2D eigenvalue weighted by Crippen LogP contribution is 2.00. The first-order valence-corrected chi connectivity index (χ1v) is 8.80. The molecule has 132 valence electrons. The maximum absolute atomic E-state index is 9.44. The van der Waals surface area contributed by atoms with Crippen LogP contribution >= 0.6 is 0 Å². The van der Waals surface area contributed by atoms with Gasteiger partial charge in [-0.25, -0.2) is 0 Å². The molecule has 22 heavy (non-hydrogen) atoms. The summed E-state index contributed by atoms with van der Waals surface area (Å²) in [5.74, 6) is 1.06. The molecule has 0 saturated heterocycles. The molecule has 0 aliphatic rings. The first kappa shape index (κ1) is 29.0. The number of rotatable bonds is 2. The summed E-state index contributed by atoms with van der Waals surface area (Å²) in [6.45, 7) is 22.0. The molecule has 1 nitrogen and oxygen atoms in total. The van der Waals surface area contributed by atoms with E-state index < -0.39 is 0 Å². The Morgan fingerprint density at radius 3 is 1.36 bits per heavy atom. The lowest BCUT2D eigenvalue weighted by Gasteiger charge is -1.95. The van der Waals surface area contributed by atoms with Crippen molar-refractivity contribution in [2.24, 2.45) is 5.92 Å². The van der Waals surface area contributed by atoms with Gasteiger partial charge in [-0.15, -0.1) is 0 Å². The van der Waals surface area contributed by atoms with Crippen molar-refractivity contribution in [2.45, 2.75) is 89.0 Å². The van der Waals surface area contributed by atoms with Crippen molar-refractivity contribution in [2.75, 3.05) is 0 Å². The molecule has 0 amide bonds. The number of carbonyl (C=O) groups is 1. The van der Waals surface area contributed by atoms with E-state index in [1.54, 1.807) is 0 Å². The van der Waals surface area contributed by atoms with Crippen molar-refractivity contribution in [1.82, 2.24) is 0 Å². The maximum Gasteiger partial charge on any atom is 0.126 e. The van der Waals surface area contributed by atoms with Crippen LogP contribution in [-0.4, -0.2) is 5.78 Å². The zero-order chi connectivity index (χ0) is 18.6. The number of hydrogen-bond donors (Lipinski definition) is 0. The predicted molar refractivity (Wildman–Crippen MR) is 105 cm³/mol. The van der Waals surface area contributed by atoms with E-state index in [0.717, 1.165) is 5.92 Å². The molecule has 0 aliphatic carbocycles. The van der Waals surface area contributed by atoms with E-state index in [1.165, 1.54) is 37.8 Å². The van der Waals surface area contributed by atoms with Gasteiger partial charge >= 0.3 is 0 Å². The quantitative estimate of drug-likeness (QED) is 0.556. The van der Waals surface area contributed by atoms with E-state index in [9.17, 15) is 4.79 Å². The molecule has 0 atom stereocenters. The monoisotopic (exact) mass is 310 g/mol. The average Bonchev–Trinajstić information content (AvgIpc) is 2.43. The third-order valence-corrected chi connectivity index (χ3v) is 2.04. The fourth-order valence-electron chi connectivity index (χ4n) is 1.38. The molecule has 0 unspecified atom stereocenters. The third kappa shape index (κ3) is 42.8. The van der Waals surface area contributed by atoms with Crippen LogP contribution in [0.1, 0.15) is 86.3 Å². The SMILES string of the molecule is CC.CC.CC(C)=O.CCCC(C)C.Cc1cccc(C)c1. The topological polar surface area (TPSA) is 17.1 Å². The van der Waals surface area contributed by atoms with Crippen LogP contribution in [0.25, 0.3) is 0 Å². The van der Waals surface area contributed by atoms with Gasteiger partial charge in [0.05, 0.1) is 0 Å². The van der Waals surface area contributed by atoms with E-state index >= 15 is 0 Å². The molecule has 0 bridgehead atoms. The lowest BCUT2D eigenvalue weighted by atomic mass is 10.1. The number of carbonyl (C=O) groups excluding carboxylic acids is 1. The summed E-state index contributed by atoms with van der Waals surface area (Å²) >= 11 is 0. The molecule has 0 aromatic heterocycles. The molecule has 0 fully saturated rings. The van der Waals surface area contributed by atoms with Crippen LogP contribution in [-0.2, 0) is 4.79 Å². The van der Waals surface area contributed by atoms with Crippen LogP contribution in [0, 0.1) is 19.8 Å². The van der Waals surface area contributed by atoms with Crippen molar-refractivity contribution in [3.63, 3.8) is 0 Å². The zero-order valence-electron chi connectivity index (χ0n) is 17.2. The highest BCUT2D eigenvalue weighted by atomic mass is 16.1. The van der Waals surface area contributed by atoms with Gasteiger partial charge in [0.15, 0.2) is 0 Å². The molecule has 0 heterocycles. The van der Waals surface area contributed by atoms with E-state index in [0.29, 0.717) is 0 Å². The average molecular weight is 311 g/mol. The zero-order valence-corrected chi connectivity index (χ0v) is 17.2. The first-order chi connectivity index (χ1) is 10.3. The summed E-state index contributed by atoms with van der Waals surface area (Å²) in [7, 11) is 0. The Hall–Kier alpha value is -1.11. The van der Waals surface area contributed by atoms with Crippen LogP contribution in [0.4, 0.5) is 0 Å². The Morgan fingerprint density at radius 2 is 1.27 bits per heavy atom. The van der Waals surface area contributed by atoms with Gasteiger partial charge in [0.2, 0.25) is 0 Å². The second kappa shape index (κ2) is 24.9. The molecule has 0 spiro atoms. The summed E-state index contributed by atoms with van der Waals surface area (Å²) in [6.07, 6.45) is 2.71. The molecular formula is C21H42O. The molecule has 1 aromatic rings. The first-order valence-electron chi connectivity index (χ1n) is 8.80. The lowest BCUT2D eigenvalue weighted by Crippen LogP contribution is -1.81. The molecule has 1 rings (SSSR count). The van der Waals surface area contributed by atoms with Gasteiger partial charge in [-0.1, -0.05) is 96.7 Å². The second-order valence-electron chi connectivity index (χ2n) is 5.25. The largest absolute Gasteiger partial charge is 0.300 e. The van der Waals surface area contributed by atoms with Gasteiger partial charge in [-0.05, 0) is 33.6 Å². The molecule has 0 radical (unpaired) electrons. The number of hydrogen-bond acceptors (Lipinski definition) is 1. The van der Waals surface area contributed by atoms with Crippen molar-refractivity contribution < 1.29 is 4.79 Å². The summed E-state index contributed by atoms with van der Waals surface area (Å²) in [4.78, 5) is 9.44. The number of aryl methyl sites for hydroxylation is 2. The van der Waals surface area contributed by atoms with Crippen molar-refractivity contribution in [3.05, 3.63) is 35.4 Å². The van der Waals surface area contributed by atoms with Gasteiger partial charge in [-0.2, -0.15) is 0 Å². The minimum atomic E-state index is 0.167. The Kier molecular flexibility index (Phi) is 32.8. The van der Waals surface area contributed by atoms with Crippen molar-refractivity contribution >= 4 is 5.78 Å². The molecule has 0 N–H and O–H groups in total. The van der Waals surface area contributed by atoms with Crippen LogP contribution in [0.3, 0.4) is 0 Å². The Balaban J connectivity index is -0.000000104. The molecule has 1 aromatic carbocycles. The smallest absolute Gasteiger partial charge is 0.126 e. The minimum Gasteiger partial charge on any atom is -0.300 e. The van der Waals surface area contributed by atoms with Crippen LogP contribution in [0.15, 0.2) is 24.3 Å². The van der Waals surface area contributed by atoms with E-state index in [1.807, 2.05) is 27.7 Å². The number of ketones is 1. The fraction of sp³-hybridized carbons (Fsp3) is 0.667. The van der Waals surface area contributed by atoms with Gasteiger partial charge in [0.25, 0.3) is 0 Å². The van der Waals surface area contributed by atoms with Gasteiger partial charge < -0.3 is 4.79 Å². The van der Waals surface area contributed by atoms with E-state index in [-0.39, 0.29) is 5.78 Å². The van der Waals surface area contributed by atoms with Gasteiger partial charge in [-0.3, -0.25) is 0 Å². The maximum atomic E-state index is 9.44. The van der Waals surface area contributed by atoms with E-state index in [4.69, 9.17) is 0 Å². The van der Waals surface area contributed by atoms with Crippen LogP contribution < -0.4 is 0 Å². The van der Waals surface area contributed by atoms with Crippen molar-refractivity contribution in [1.29, 1.82) is 0 Å². The summed E-state index contributed by atoms with van der Waals surface area (Å²) in [5, 5.41) is 0. The minimum absolute atomic E-state index is 0.167. The van der Waals surface area contributed by atoms with Crippen molar-refractivity contribution in [3.8, 4) is 0 Å². The summed E-state index contributed by atoms with van der Waals surface area (Å²) < 4.78 is 0. The lowest BCUT2D eigenvalue weighted by molar-refractivity contribution is -0.114. The molecule has 1 heteroatoms. The second-order valence-corrected chi connectivity index (χ2v) is 5.25. The Labute approximate surface area is 141 Å². The standard InChI is InChI=1S/C8H10.C6H14.C3H6O.2C2H6/c1-7-4-3-5-8(2)6-7;1-4-5-6(2)3;1-3(2)4;2*1-2/h3-6H,1-2H3;6H,4-5H2,1-3H3;1-2H3;2*1-2H3. The molecule has 0 saturated carbocycles. The fourth-order valence-corrected chi connectivity index (χ4v) is 1.38. The number of benzene rings is 1. The van der Waals surface area contributed by atoms with Gasteiger partial charge in [0.1, 0.15) is 5.78 Å². The van der Waals surface area contributed by atoms with Gasteiger partial charge in [0, 0.05) is 0 Å². The highest BCUT2D eigenvalue weighted by Gasteiger charge is 1.85. The third-order valence-electron chi connectivity index (χ3n) is 2.04. The molecule has 0 aliphatic heterocycles. The Bertz CT molecular complexity index is 292. The normalized spacial score (nSPS) is 7.82. The number of Topliss-reactive ketones (excluding diaryl/α,β-unsaturated/α-hetero) is 1. The van der Waals surface area contributed by atoms with Crippen LogP contribution in [0.2, 0.25) is 0 Å². The summed E-state index contributed by atoms with van der Waals surface area (Å²) in [6, 6.07) is 8.45. The molecular weight excluding hydrogens is 268 g/mol. The Morgan fingerprint density at radius 1 is 0.955 bits per heavy atom.